The number of ether oxygens (including phenoxy) is 1. The molecule has 0 saturated carbocycles. The van der Waals surface area contributed by atoms with Crippen molar-refractivity contribution in [2.24, 2.45) is 0 Å². The number of esters is 1. The van der Waals surface area contributed by atoms with Crippen LogP contribution in [-0.4, -0.2) is 26.9 Å². The standard InChI is InChI=1S/C23H24N2O6S/c1-15-9-10-19(32(28,29)24-13-18-8-5-11-30-18)12-20(15)23(27)31-14-21(26)25-22-16(2)6-4-7-17(22)3/h4-12,24H,13-14H2,1-3H3,(H,25,26). The molecule has 0 unspecified atom stereocenters. The van der Waals surface area contributed by atoms with Gasteiger partial charge in [-0.15, -0.1) is 0 Å². The van der Waals surface area contributed by atoms with Gasteiger partial charge in [0.1, 0.15) is 5.76 Å². The highest BCUT2D eigenvalue weighted by molar-refractivity contribution is 7.89. The Labute approximate surface area is 186 Å². The Kier molecular flexibility index (Phi) is 7.12. The number of furan rings is 1. The number of benzene rings is 2. The molecule has 0 aliphatic carbocycles. The van der Waals surface area contributed by atoms with Crippen molar-refractivity contribution in [1.29, 1.82) is 0 Å². The van der Waals surface area contributed by atoms with Gasteiger partial charge in [0, 0.05) is 5.69 Å². The van der Waals surface area contributed by atoms with Crippen LogP contribution in [0.25, 0.3) is 0 Å². The number of carbonyl (C=O) groups excluding carboxylic acids is 2. The molecule has 1 amide bonds. The maximum absolute atomic E-state index is 12.6. The molecule has 0 aliphatic rings. The Hall–Kier alpha value is -3.43. The smallest absolute Gasteiger partial charge is 0.338 e. The number of amides is 1. The summed E-state index contributed by atoms with van der Waals surface area (Å²) in [4.78, 5) is 24.7. The zero-order valence-electron chi connectivity index (χ0n) is 18.0. The van der Waals surface area contributed by atoms with Crippen molar-refractivity contribution in [3.63, 3.8) is 0 Å². The monoisotopic (exact) mass is 456 g/mol. The third-order valence-electron chi connectivity index (χ3n) is 4.84. The highest BCUT2D eigenvalue weighted by Gasteiger charge is 2.20. The topological polar surface area (TPSA) is 115 Å². The van der Waals surface area contributed by atoms with Crippen molar-refractivity contribution in [3.05, 3.63) is 82.8 Å². The number of para-hydroxylation sites is 1. The molecule has 0 fully saturated rings. The number of nitrogens with one attached hydrogen (secondary N) is 2. The molecule has 1 aromatic heterocycles. The molecular formula is C23H24N2O6S. The number of carbonyl (C=O) groups is 2. The average Bonchev–Trinajstić information content (AvgIpc) is 3.27. The van der Waals surface area contributed by atoms with Crippen LogP contribution in [0.1, 0.15) is 32.8 Å². The molecule has 1 heterocycles. The summed E-state index contributed by atoms with van der Waals surface area (Å²) in [5.74, 6) is -0.824. The zero-order valence-corrected chi connectivity index (χ0v) is 18.8. The number of hydrogen-bond acceptors (Lipinski definition) is 6. The van der Waals surface area contributed by atoms with Gasteiger partial charge in [0.2, 0.25) is 10.0 Å². The van der Waals surface area contributed by atoms with E-state index in [1.165, 1.54) is 24.5 Å². The number of rotatable bonds is 8. The molecule has 168 valence electrons. The number of anilines is 1. The van der Waals surface area contributed by atoms with E-state index in [4.69, 9.17) is 9.15 Å². The summed E-state index contributed by atoms with van der Waals surface area (Å²) in [5.41, 5.74) is 3.03. The lowest BCUT2D eigenvalue weighted by molar-refractivity contribution is -0.119. The van der Waals surface area contributed by atoms with Gasteiger partial charge in [-0.05, 0) is 61.7 Å². The third-order valence-corrected chi connectivity index (χ3v) is 6.23. The van der Waals surface area contributed by atoms with Crippen molar-refractivity contribution in [2.75, 3.05) is 11.9 Å². The molecule has 3 rings (SSSR count). The molecule has 2 N–H and O–H groups in total. The van der Waals surface area contributed by atoms with Crippen LogP contribution in [-0.2, 0) is 26.1 Å². The Morgan fingerprint density at radius 2 is 1.69 bits per heavy atom. The van der Waals surface area contributed by atoms with Gasteiger partial charge in [-0.1, -0.05) is 24.3 Å². The van der Waals surface area contributed by atoms with Crippen LogP contribution in [0.3, 0.4) is 0 Å². The second kappa shape index (κ2) is 9.80. The summed E-state index contributed by atoms with van der Waals surface area (Å²) < 4.78 is 37.8. The predicted molar refractivity (Wildman–Crippen MR) is 119 cm³/mol. The van der Waals surface area contributed by atoms with Crippen LogP contribution >= 0.6 is 0 Å². The summed E-state index contributed by atoms with van der Waals surface area (Å²) in [7, 11) is -3.89. The number of sulfonamides is 1. The quantitative estimate of drug-likeness (QED) is 0.502. The van der Waals surface area contributed by atoms with Gasteiger partial charge in [-0.3, -0.25) is 4.79 Å². The van der Waals surface area contributed by atoms with E-state index in [9.17, 15) is 18.0 Å². The highest BCUT2D eigenvalue weighted by atomic mass is 32.2. The van der Waals surface area contributed by atoms with Crippen LogP contribution in [0, 0.1) is 20.8 Å². The van der Waals surface area contributed by atoms with E-state index >= 15 is 0 Å². The van der Waals surface area contributed by atoms with Crippen molar-refractivity contribution < 1.29 is 27.2 Å². The lowest BCUT2D eigenvalue weighted by Gasteiger charge is -2.12. The maximum Gasteiger partial charge on any atom is 0.338 e. The largest absolute Gasteiger partial charge is 0.468 e. The Morgan fingerprint density at radius 1 is 0.969 bits per heavy atom. The summed E-state index contributed by atoms with van der Waals surface area (Å²) in [5, 5.41) is 2.73. The van der Waals surface area contributed by atoms with E-state index in [-0.39, 0.29) is 17.0 Å². The number of hydrogen-bond donors (Lipinski definition) is 2. The Morgan fingerprint density at radius 3 is 2.34 bits per heavy atom. The fraction of sp³-hybridized carbons (Fsp3) is 0.217. The molecule has 0 spiro atoms. The van der Waals surface area contributed by atoms with Crippen molar-refractivity contribution in [1.82, 2.24) is 4.72 Å². The Balaban J connectivity index is 1.66. The van der Waals surface area contributed by atoms with Crippen LogP contribution in [0.4, 0.5) is 5.69 Å². The maximum atomic E-state index is 12.6. The molecule has 9 heteroatoms. The van der Waals surface area contributed by atoms with Crippen molar-refractivity contribution in [3.8, 4) is 0 Å². The molecule has 3 aromatic rings. The molecule has 2 aromatic carbocycles. The average molecular weight is 457 g/mol. The van der Waals surface area contributed by atoms with E-state index in [1.807, 2.05) is 32.0 Å². The van der Waals surface area contributed by atoms with Crippen molar-refractivity contribution in [2.45, 2.75) is 32.2 Å². The lowest BCUT2D eigenvalue weighted by Crippen LogP contribution is -2.24. The van der Waals surface area contributed by atoms with E-state index in [2.05, 4.69) is 10.0 Å². The van der Waals surface area contributed by atoms with E-state index < -0.39 is 28.5 Å². The number of aryl methyl sites for hydroxylation is 3. The van der Waals surface area contributed by atoms with E-state index in [1.54, 1.807) is 19.1 Å². The van der Waals surface area contributed by atoms with Gasteiger partial charge >= 0.3 is 5.97 Å². The molecule has 0 saturated heterocycles. The minimum Gasteiger partial charge on any atom is -0.468 e. The molecule has 0 radical (unpaired) electrons. The molecule has 0 atom stereocenters. The van der Waals surface area contributed by atoms with Gasteiger partial charge < -0.3 is 14.5 Å². The highest BCUT2D eigenvalue weighted by Crippen LogP contribution is 2.20. The minimum atomic E-state index is -3.89. The summed E-state index contributed by atoms with van der Waals surface area (Å²) in [6, 6.07) is 13.0. The minimum absolute atomic E-state index is 0.0263. The summed E-state index contributed by atoms with van der Waals surface area (Å²) in [6.07, 6.45) is 1.44. The zero-order chi connectivity index (χ0) is 23.3. The van der Waals surface area contributed by atoms with Gasteiger partial charge in [-0.2, -0.15) is 0 Å². The molecule has 0 aliphatic heterocycles. The second-order valence-corrected chi connectivity index (χ2v) is 9.04. The van der Waals surface area contributed by atoms with Gasteiger partial charge in [0.25, 0.3) is 5.91 Å². The third kappa shape index (κ3) is 5.63. The first-order valence-corrected chi connectivity index (χ1v) is 11.3. The first kappa shape index (κ1) is 23.2. The molecular weight excluding hydrogens is 432 g/mol. The first-order valence-electron chi connectivity index (χ1n) is 9.83. The van der Waals surface area contributed by atoms with Crippen LogP contribution in [0.2, 0.25) is 0 Å². The normalized spacial score (nSPS) is 11.2. The lowest BCUT2D eigenvalue weighted by atomic mass is 10.1. The van der Waals surface area contributed by atoms with Crippen LogP contribution < -0.4 is 10.0 Å². The van der Waals surface area contributed by atoms with Crippen LogP contribution in [0.5, 0.6) is 0 Å². The SMILES string of the molecule is Cc1ccc(S(=O)(=O)NCc2ccco2)cc1C(=O)OCC(=O)Nc1c(C)cccc1C. The molecule has 0 bridgehead atoms. The fourth-order valence-corrected chi connectivity index (χ4v) is 4.07. The van der Waals surface area contributed by atoms with Crippen LogP contribution in [0.15, 0.2) is 64.1 Å². The summed E-state index contributed by atoms with van der Waals surface area (Å²) >= 11 is 0. The fourth-order valence-electron chi connectivity index (χ4n) is 3.05. The van der Waals surface area contributed by atoms with Crippen molar-refractivity contribution >= 4 is 27.6 Å². The van der Waals surface area contributed by atoms with Gasteiger partial charge in [-0.25, -0.2) is 17.9 Å². The van der Waals surface area contributed by atoms with Gasteiger partial charge in [0.15, 0.2) is 6.61 Å². The molecule has 8 nitrogen and oxygen atoms in total. The second-order valence-electron chi connectivity index (χ2n) is 7.27. The Bertz CT molecular complexity index is 1210. The summed E-state index contributed by atoms with van der Waals surface area (Å²) in [6.45, 7) is 4.86. The first-order chi connectivity index (χ1) is 15.2. The van der Waals surface area contributed by atoms with Gasteiger partial charge in [0.05, 0.1) is 23.3 Å². The van der Waals surface area contributed by atoms with E-state index in [0.717, 1.165) is 11.1 Å². The predicted octanol–water partition coefficient (Wildman–Crippen LogP) is 3.48. The molecule has 32 heavy (non-hydrogen) atoms. The van der Waals surface area contributed by atoms with E-state index in [0.29, 0.717) is 17.0 Å².